The number of hydrogen-bond donors (Lipinski definition) is 3. The van der Waals surface area contributed by atoms with Crippen molar-refractivity contribution >= 4 is 52.5 Å². The van der Waals surface area contributed by atoms with Gasteiger partial charge in [0.2, 0.25) is 0 Å². The minimum absolute atomic E-state index is 0.0116. The van der Waals surface area contributed by atoms with Gasteiger partial charge in [0.15, 0.2) is 6.29 Å². The van der Waals surface area contributed by atoms with Gasteiger partial charge in [-0.15, -0.1) is 0 Å². The average molecular weight is 625 g/mol. The van der Waals surface area contributed by atoms with Crippen molar-refractivity contribution in [2.75, 3.05) is 18.1 Å². The quantitative estimate of drug-likeness (QED) is 0.180. The number of ether oxygens (including phenoxy) is 2. The molecule has 1 heterocycles. The number of amides is 1. The lowest BCUT2D eigenvalue weighted by molar-refractivity contribution is -0.268. The molecule has 1 saturated heterocycles. The van der Waals surface area contributed by atoms with Crippen LogP contribution in [0.2, 0.25) is 0 Å². The number of aliphatic hydroxyl groups excluding tert-OH is 2. The molecule has 0 radical (unpaired) electrons. The van der Waals surface area contributed by atoms with E-state index in [2.05, 4.69) is 12.2 Å². The van der Waals surface area contributed by atoms with Crippen molar-refractivity contribution in [2.24, 2.45) is 5.92 Å². The highest BCUT2D eigenvalue weighted by atomic mass is 35.6. The number of aliphatic hydroxyl groups is 2. The second-order valence-electron chi connectivity index (χ2n) is 9.58. The van der Waals surface area contributed by atoms with Gasteiger partial charge in [0, 0.05) is 29.5 Å². The summed E-state index contributed by atoms with van der Waals surface area (Å²) in [5.41, 5.74) is 5.53. The number of halogens is 3. The molecule has 1 aliphatic heterocycles. The van der Waals surface area contributed by atoms with Gasteiger partial charge >= 0.3 is 0 Å². The molecule has 4 atom stereocenters. The van der Waals surface area contributed by atoms with Gasteiger partial charge in [-0.1, -0.05) is 115 Å². The molecule has 1 aliphatic rings. The van der Waals surface area contributed by atoms with Gasteiger partial charge in [0.1, 0.15) is 0 Å². The van der Waals surface area contributed by atoms with E-state index in [1.54, 1.807) is 11.8 Å². The van der Waals surface area contributed by atoms with E-state index in [4.69, 9.17) is 44.3 Å². The zero-order valence-corrected chi connectivity index (χ0v) is 25.0. The average Bonchev–Trinajstić information content (AvgIpc) is 2.96. The van der Waals surface area contributed by atoms with Crippen molar-refractivity contribution < 1.29 is 24.5 Å². The lowest BCUT2D eigenvalue weighted by atomic mass is 9.91. The maximum atomic E-state index is 12.0. The van der Waals surface area contributed by atoms with Crippen LogP contribution in [-0.2, 0) is 27.4 Å². The Bertz CT molecular complexity index is 1250. The van der Waals surface area contributed by atoms with E-state index in [0.29, 0.717) is 5.75 Å². The molecule has 3 aromatic carbocycles. The van der Waals surface area contributed by atoms with E-state index in [9.17, 15) is 15.0 Å². The third-order valence-electron chi connectivity index (χ3n) is 6.85. The fraction of sp³-hybridized carbons (Fsp3) is 0.367. The van der Waals surface area contributed by atoms with Crippen LogP contribution >= 0.6 is 46.6 Å². The minimum Gasteiger partial charge on any atom is -0.396 e. The van der Waals surface area contributed by atoms with Crippen LogP contribution in [0, 0.1) is 5.92 Å². The van der Waals surface area contributed by atoms with E-state index in [1.807, 2.05) is 72.8 Å². The Hall–Kier alpha value is -1.81. The van der Waals surface area contributed by atoms with E-state index in [0.717, 1.165) is 39.1 Å². The number of carbonyl (C=O) groups is 1. The first-order valence-electron chi connectivity index (χ1n) is 12.9. The largest absolute Gasteiger partial charge is 0.396 e. The molecule has 4 rings (SSSR count). The van der Waals surface area contributed by atoms with Crippen LogP contribution in [-0.4, -0.2) is 44.1 Å². The number of carbonyl (C=O) groups excluding carboxylic acids is 1. The Labute approximate surface area is 253 Å². The van der Waals surface area contributed by atoms with Crippen molar-refractivity contribution in [3.63, 3.8) is 0 Å². The standard InChI is InChI=1S/C30H32Cl3NO5S/c1-19-26(18-40-15-14-35)38-28(39-27(19)22-8-6-20(17-36)7-9-22)23-12-10-21(11-13-23)25-5-3-2-4-24(25)16-34-29(37)30(31,32)33/h2-13,19,26-28,35-36H,14-18H2,1H3,(H,34,37)/t19-,26+,27+,28+/m1/s1. The van der Waals surface area contributed by atoms with E-state index in [1.165, 1.54) is 0 Å². The molecule has 0 saturated carbocycles. The number of thioether (sulfide) groups is 1. The Balaban J connectivity index is 1.55. The third kappa shape index (κ3) is 7.93. The molecule has 3 aromatic rings. The van der Waals surface area contributed by atoms with Crippen molar-refractivity contribution in [3.8, 4) is 11.1 Å². The zero-order chi connectivity index (χ0) is 28.7. The summed E-state index contributed by atoms with van der Waals surface area (Å²) < 4.78 is 10.9. The highest BCUT2D eigenvalue weighted by Gasteiger charge is 2.38. The van der Waals surface area contributed by atoms with Crippen LogP contribution in [0.15, 0.2) is 72.8 Å². The van der Waals surface area contributed by atoms with Gasteiger partial charge < -0.3 is 25.0 Å². The molecule has 1 fully saturated rings. The van der Waals surface area contributed by atoms with Crippen molar-refractivity contribution in [2.45, 2.75) is 42.4 Å². The second kappa shape index (κ2) is 14.4. The van der Waals surface area contributed by atoms with Crippen LogP contribution < -0.4 is 5.32 Å². The maximum Gasteiger partial charge on any atom is 0.272 e. The van der Waals surface area contributed by atoms with Crippen molar-refractivity contribution in [1.82, 2.24) is 5.32 Å². The summed E-state index contributed by atoms with van der Waals surface area (Å²) in [4.78, 5) is 12.0. The fourth-order valence-corrected chi connectivity index (χ4v) is 5.74. The predicted molar refractivity (Wildman–Crippen MR) is 161 cm³/mol. The predicted octanol–water partition coefficient (Wildman–Crippen LogP) is 6.35. The molecular weight excluding hydrogens is 593 g/mol. The monoisotopic (exact) mass is 623 g/mol. The molecule has 0 aliphatic carbocycles. The summed E-state index contributed by atoms with van der Waals surface area (Å²) in [7, 11) is 0. The molecule has 0 unspecified atom stereocenters. The summed E-state index contributed by atoms with van der Waals surface area (Å²) in [6.45, 7) is 2.44. The SMILES string of the molecule is C[C@@H]1[C@H](CSCCO)O[C@H](c2ccc(-c3ccccc3CNC(=O)C(Cl)(Cl)Cl)cc2)O[C@@H]1c1ccc(CO)cc1. The molecule has 214 valence electrons. The fourth-order valence-electron chi connectivity index (χ4n) is 4.63. The van der Waals surface area contributed by atoms with Crippen LogP contribution in [0.5, 0.6) is 0 Å². The van der Waals surface area contributed by atoms with E-state index >= 15 is 0 Å². The molecule has 1 amide bonds. The lowest BCUT2D eigenvalue weighted by Crippen LogP contribution is -2.38. The first kappa shape index (κ1) is 31.1. The third-order valence-corrected chi connectivity index (χ3v) is 8.40. The Morgan fingerprint density at radius 1 is 0.950 bits per heavy atom. The zero-order valence-electron chi connectivity index (χ0n) is 21.9. The van der Waals surface area contributed by atoms with Gasteiger partial charge in [-0.05, 0) is 27.8 Å². The summed E-state index contributed by atoms with van der Waals surface area (Å²) in [6, 6.07) is 23.5. The smallest absolute Gasteiger partial charge is 0.272 e. The first-order valence-corrected chi connectivity index (χ1v) is 15.2. The summed E-state index contributed by atoms with van der Waals surface area (Å²) >= 11 is 18.7. The molecule has 3 N–H and O–H groups in total. The van der Waals surface area contributed by atoms with E-state index < -0.39 is 16.0 Å². The normalized spacial score (nSPS) is 21.2. The van der Waals surface area contributed by atoms with Gasteiger partial charge in [-0.3, -0.25) is 4.79 Å². The number of rotatable bonds is 10. The van der Waals surface area contributed by atoms with Gasteiger partial charge in [-0.2, -0.15) is 11.8 Å². The van der Waals surface area contributed by atoms with Crippen molar-refractivity contribution in [3.05, 3.63) is 95.1 Å². The van der Waals surface area contributed by atoms with Gasteiger partial charge in [0.05, 0.1) is 25.4 Å². The molecular formula is C30H32Cl3NO5S. The molecule has 6 nitrogen and oxygen atoms in total. The lowest BCUT2D eigenvalue weighted by Gasteiger charge is -2.41. The maximum absolute atomic E-state index is 12.0. The summed E-state index contributed by atoms with van der Waals surface area (Å²) in [5, 5.41) is 21.4. The van der Waals surface area contributed by atoms with Crippen LogP contribution in [0.3, 0.4) is 0 Å². The molecule has 0 spiro atoms. The Kier molecular flexibility index (Phi) is 11.2. The molecule has 0 aromatic heterocycles. The number of hydrogen-bond acceptors (Lipinski definition) is 6. The molecule has 10 heteroatoms. The Morgan fingerprint density at radius 2 is 1.62 bits per heavy atom. The minimum atomic E-state index is -2.03. The number of alkyl halides is 3. The van der Waals surface area contributed by atoms with Crippen LogP contribution in [0.1, 0.15) is 41.6 Å². The highest BCUT2D eigenvalue weighted by Crippen LogP contribution is 2.42. The van der Waals surface area contributed by atoms with Crippen molar-refractivity contribution in [1.29, 1.82) is 0 Å². The van der Waals surface area contributed by atoms with E-state index in [-0.39, 0.29) is 37.9 Å². The second-order valence-corrected chi connectivity index (χ2v) is 13.0. The topological polar surface area (TPSA) is 88.0 Å². The molecule has 40 heavy (non-hydrogen) atoms. The number of benzene rings is 3. The Morgan fingerprint density at radius 3 is 2.27 bits per heavy atom. The highest BCUT2D eigenvalue weighted by molar-refractivity contribution is 7.99. The van der Waals surface area contributed by atoms with Gasteiger partial charge in [-0.25, -0.2) is 0 Å². The molecule has 0 bridgehead atoms. The summed E-state index contributed by atoms with van der Waals surface area (Å²) in [6.07, 6.45) is -0.862. The first-order chi connectivity index (χ1) is 19.2. The number of nitrogens with one attached hydrogen (secondary N) is 1. The summed E-state index contributed by atoms with van der Waals surface area (Å²) in [5.74, 6) is 0.773. The van der Waals surface area contributed by atoms with Crippen LogP contribution in [0.4, 0.5) is 0 Å². The van der Waals surface area contributed by atoms with Crippen LogP contribution in [0.25, 0.3) is 11.1 Å². The van der Waals surface area contributed by atoms with Gasteiger partial charge in [0.25, 0.3) is 9.70 Å².